The van der Waals surface area contributed by atoms with E-state index in [2.05, 4.69) is 4.72 Å². The van der Waals surface area contributed by atoms with Gasteiger partial charge in [-0.25, -0.2) is 13.1 Å². The first kappa shape index (κ1) is 8.96. The molecular formula is C6H13NO3S. The molecule has 0 spiro atoms. The van der Waals surface area contributed by atoms with E-state index in [-0.39, 0.29) is 6.54 Å². The maximum Gasteiger partial charge on any atom is 0.208 e. The van der Waals surface area contributed by atoms with E-state index >= 15 is 0 Å². The van der Waals surface area contributed by atoms with Crippen LogP contribution in [0.5, 0.6) is 0 Å². The summed E-state index contributed by atoms with van der Waals surface area (Å²) in [5.74, 6) is 0.323. The standard InChI is InChI=1S/C6H13NO3S/c1-11(9,10)7-4-6(8)5-2-3-5/h5-8H,2-4H2,1H3. The van der Waals surface area contributed by atoms with E-state index in [1.54, 1.807) is 0 Å². The minimum atomic E-state index is -3.13. The molecule has 66 valence electrons. The van der Waals surface area contributed by atoms with Crippen LogP contribution in [-0.4, -0.2) is 32.4 Å². The van der Waals surface area contributed by atoms with Gasteiger partial charge in [0, 0.05) is 6.54 Å². The zero-order valence-electron chi connectivity index (χ0n) is 6.45. The average molecular weight is 179 g/mol. The van der Waals surface area contributed by atoms with Crippen molar-refractivity contribution in [2.75, 3.05) is 12.8 Å². The second kappa shape index (κ2) is 3.08. The fourth-order valence-corrected chi connectivity index (χ4v) is 1.36. The molecule has 5 heteroatoms. The molecule has 1 rings (SSSR count). The Kier molecular flexibility index (Phi) is 2.51. The van der Waals surface area contributed by atoms with Crippen molar-refractivity contribution in [3.63, 3.8) is 0 Å². The molecule has 2 N–H and O–H groups in total. The summed E-state index contributed by atoms with van der Waals surface area (Å²) in [6.45, 7) is 0.156. The lowest BCUT2D eigenvalue weighted by Crippen LogP contribution is -2.32. The first-order valence-electron chi connectivity index (χ1n) is 3.62. The van der Waals surface area contributed by atoms with Gasteiger partial charge in [0.05, 0.1) is 12.4 Å². The van der Waals surface area contributed by atoms with Crippen molar-refractivity contribution in [3.8, 4) is 0 Å². The average Bonchev–Trinajstić information content (AvgIpc) is 2.61. The van der Waals surface area contributed by atoms with E-state index in [1.165, 1.54) is 0 Å². The molecule has 4 nitrogen and oxygen atoms in total. The summed E-state index contributed by atoms with van der Waals surface area (Å²) in [5, 5.41) is 9.23. The van der Waals surface area contributed by atoms with E-state index < -0.39 is 16.1 Å². The van der Waals surface area contributed by atoms with Crippen molar-refractivity contribution in [2.24, 2.45) is 5.92 Å². The van der Waals surface area contributed by atoms with E-state index in [0.29, 0.717) is 5.92 Å². The number of nitrogens with one attached hydrogen (secondary N) is 1. The van der Waals surface area contributed by atoms with Crippen molar-refractivity contribution >= 4 is 10.0 Å². The molecule has 1 saturated carbocycles. The predicted octanol–water partition coefficient (Wildman–Crippen LogP) is -0.694. The number of hydrogen-bond donors (Lipinski definition) is 2. The highest BCUT2D eigenvalue weighted by molar-refractivity contribution is 7.88. The van der Waals surface area contributed by atoms with Crippen molar-refractivity contribution in [1.82, 2.24) is 4.72 Å². The molecule has 0 bridgehead atoms. The van der Waals surface area contributed by atoms with Gasteiger partial charge in [-0.15, -0.1) is 0 Å². The zero-order valence-corrected chi connectivity index (χ0v) is 7.26. The molecule has 0 aliphatic heterocycles. The largest absolute Gasteiger partial charge is 0.391 e. The van der Waals surface area contributed by atoms with Crippen LogP contribution in [0.3, 0.4) is 0 Å². The van der Waals surface area contributed by atoms with Gasteiger partial charge in [0.15, 0.2) is 0 Å². The molecule has 0 aromatic carbocycles. The van der Waals surface area contributed by atoms with Gasteiger partial charge in [-0.2, -0.15) is 0 Å². The van der Waals surface area contributed by atoms with Gasteiger partial charge in [-0.1, -0.05) is 0 Å². The molecule has 0 heterocycles. The third kappa shape index (κ3) is 3.69. The van der Waals surface area contributed by atoms with Crippen molar-refractivity contribution in [1.29, 1.82) is 0 Å². The summed E-state index contributed by atoms with van der Waals surface area (Å²) >= 11 is 0. The molecule has 1 atom stereocenters. The second-order valence-corrected chi connectivity index (χ2v) is 4.86. The number of sulfonamides is 1. The maximum absolute atomic E-state index is 10.6. The van der Waals surface area contributed by atoms with Crippen LogP contribution in [0.2, 0.25) is 0 Å². The molecule has 11 heavy (non-hydrogen) atoms. The molecular weight excluding hydrogens is 166 g/mol. The topological polar surface area (TPSA) is 66.4 Å². The van der Waals surface area contributed by atoms with Crippen LogP contribution in [0.25, 0.3) is 0 Å². The third-order valence-corrected chi connectivity index (χ3v) is 2.41. The number of hydrogen-bond acceptors (Lipinski definition) is 3. The SMILES string of the molecule is CS(=O)(=O)NCC(O)C1CC1. The lowest BCUT2D eigenvalue weighted by molar-refractivity contribution is 0.155. The van der Waals surface area contributed by atoms with Crippen LogP contribution in [0.1, 0.15) is 12.8 Å². The van der Waals surface area contributed by atoms with Crippen LogP contribution < -0.4 is 4.72 Å². The van der Waals surface area contributed by atoms with Crippen molar-refractivity contribution in [2.45, 2.75) is 18.9 Å². The van der Waals surface area contributed by atoms with E-state index in [0.717, 1.165) is 19.1 Å². The summed E-state index contributed by atoms with van der Waals surface area (Å²) in [6.07, 6.45) is 2.64. The highest BCUT2D eigenvalue weighted by Crippen LogP contribution is 2.32. The lowest BCUT2D eigenvalue weighted by Gasteiger charge is -2.08. The van der Waals surface area contributed by atoms with Crippen LogP contribution >= 0.6 is 0 Å². The van der Waals surface area contributed by atoms with Gasteiger partial charge in [0.1, 0.15) is 0 Å². The highest BCUT2D eigenvalue weighted by Gasteiger charge is 2.29. The van der Waals surface area contributed by atoms with Crippen molar-refractivity contribution < 1.29 is 13.5 Å². The van der Waals surface area contributed by atoms with Crippen LogP contribution in [0.4, 0.5) is 0 Å². The Morgan fingerprint density at radius 2 is 2.18 bits per heavy atom. The Morgan fingerprint density at radius 1 is 1.64 bits per heavy atom. The lowest BCUT2D eigenvalue weighted by atomic mass is 10.2. The van der Waals surface area contributed by atoms with Crippen molar-refractivity contribution in [3.05, 3.63) is 0 Å². The molecule has 0 aromatic rings. The van der Waals surface area contributed by atoms with E-state index in [1.807, 2.05) is 0 Å². The molecule has 1 aliphatic carbocycles. The molecule has 1 fully saturated rings. The Hall–Kier alpha value is -0.130. The van der Waals surface area contributed by atoms with Crippen LogP contribution in [-0.2, 0) is 10.0 Å². The normalized spacial score (nSPS) is 21.6. The Morgan fingerprint density at radius 3 is 2.55 bits per heavy atom. The summed E-state index contributed by atoms with van der Waals surface area (Å²) in [6, 6.07) is 0. The van der Waals surface area contributed by atoms with Crippen LogP contribution in [0, 0.1) is 5.92 Å². The fraction of sp³-hybridized carbons (Fsp3) is 1.00. The first-order valence-corrected chi connectivity index (χ1v) is 5.51. The third-order valence-electron chi connectivity index (χ3n) is 1.72. The molecule has 0 saturated heterocycles. The van der Waals surface area contributed by atoms with Gasteiger partial charge in [0.2, 0.25) is 10.0 Å². The van der Waals surface area contributed by atoms with Crippen LogP contribution in [0.15, 0.2) is 0 Å². The van der Waals surface area contributed by atoms with E-state index in [4.69, 9.17) is 0 Å². The summed E-state index contributed by atoms with van der Waals surface area (Å²) < 4.78 is 23.4. The smallest absolute Gasteiger partial charge is 0.208 e. The predicted molar refractivity (Wildman–Crippen MR) is 41.6 cm³/mol. The minimum Gasteiger partial charge on any atom is -0.391 e. The minimum absolute atomic E-state index is 0.156. The quantitative estimate of drug-likeness (QED) is 0.600. The van der Waals surface area contributed by atoms with Gasteiger partial charge in [-0.05, 0) is 18.8 Å². The molecule has 0 amide bonds. The molecule has 1 aliphatic rings. The summed E-state index contributed by atoms with van der Waals surface area (Å²) in [7, 11) is -3.13. The maximum atomic E-state index is 10.6. The van der Waals surface area contributed by atoms with E-state index in [9.17, 15) is 13.5 Å². The van der Waals surface area contributed by atoms with Gasteiger partial charge >= 0.3 is 0 Å². The monoisotopic (exact) mass is 179 g/mol. The summed E-state index contributed by atoms with van der Waals surface area (Å²) in [4.78, 5) is 0. The van der Waals surface area contributed by atoms with Gasteiger partial charge in [-0.3, -0.25) is 0 Å². The Labute approximate surface area is 66.7 Å². The molecule has 1 unspecified atom stereocenters. The molecule has 0 aromatic heterocycles. The number of rotatable bonds is 4. The van der Waals surface area contributed by atoms with Gasteiger partial charge in [0.25, 0.3) is 0 Å². The Balaban J connectivity index is 2.21. The highest BCUT2D eigenvalue weighted by atomic mass is 32.2. The summed E-state index contributed by atoms with van der Waals surface area (Å²) in [5.41, 5.74) is 0. The zero-order chi connectivity index (χ0) is 8.48. The van der Waals surface area contributed by atoms with Gasteiger partial charge < -0.3 is 5.11 Å². The molecule has 0 radical (unpaired) electrons. The fourth-order valence-electron chi connectivity index (χ4n) is 0.884. The number of aliphatic hydroxyl groups is 1. The first-order chi connectivity index (χ1) is 4.99. The second-order valence-electron chi connectivity index (χ2n) is 3.03. The number of aliphatic hydroxyl groups excluding tert-OH is 1. The Bertz CT molecular complexity index is 220.